The second-order valence-corrected chi connectivity index (χ2v) is 5.74. The van der Waals surface area contributed by atoms with Crippen LogP contribution in [0.3, 0.4) is 0 Å². The van der Waals surface area contributed by atoms with Crippen LogP contribution in [0.4, 0.5) is 5.69 Å². The Morgan fingerprint density at radius 1 is 1.18 bits per heavy atom. The van der Waals surface area contributed by atoms with Crippen molar-refractivity contribution in [3.05, 3.63) is 64.2 Å². The fourth-order valence-corrected chi connectivity index (χ4v) is 2.40. The Morgan fingerprint density at radius 3 is 2.46 bits per heavy atom. The van der Waals surface area contributed by atoms with Gasteiger partial charge in [0.05, 0.1) is 17.7 Å². The average molecular weight is 396 g/mol. The molecule has 8 heteroatoms. The van der Waals surface area contributed by atoms with E-state index >= 15 is 0 Å². The summed E-state index contributed by atoms with van der Waals surface area (Å²) in [5.74, 6) is -0.780. The minimum absolute atomic E-state index is 0.140. The van der Waals surface area contributed by atoms with Gasteiger partial charge in [0.1, 0.15) is 23.5 Å². The molecule has 1 N–H and O–H groups in total. The summed E-state index contributed by atoms with van der Waals surface area (Å²) in [6.45, 7) is -0.143. The van der Waals surface area contributed by atoms with Crippen LogP contribution in [0.15, 0.2) is 48.0 Å². The molecule has 2 aromatic carbocycles. The van der Waals surface area contributed by atoms with Crippen LogP contribution in [0.2, 0.25) is 5.02 Å². The molecule has 0 aliphatic heterocycles. The van der Waals surface area contributed by atoms with Crippen LogP contribution in [0.25, 0.3) is 6.08 Å². The summed E-state index contributed by atoms with van der Waals surface area (Å²) in [4.78, 5) is 23.7. The van der Waals surface area contributed by atoms with Crippen LogP contribution < -0.4 is 10.1 Å². The molecule has 0 saturated carbocycles. The zero-order valence-electron chi connectivity index (χ0n) is 14.7. The van der Waals surface area contributed by atoms with Crippen LogP contribution in [0.1, 0.15) is 15.9 Å². The number of amides is 1. The predicted molar refractivity (Wildman–Crippen MR) is 103 cm³/mol. The number of hydrogen-bond donors (Lipinski definition) is 1. The largest absolute Gasteiger partial charge is 0.477 e. The van der Waals surface area contributed by atoms with Crippen molar-refractivity contribution in [2.24, 2.45) is 0 Å². The molecule has 1 amide bonds. The number of nitriles is 2. The summed E-state index contributed by atoms with van der Waals surface area (Å²) in [7, 11) is 1.27. The van der Waals surface area contributed by atoms with Gasteiger partial charge in [-0.1, -0.05) is 17.7 Å². The van der Waals surface area contributed by atoms with Crippen molar-refractivity contribution in [1.82, 2.24) is 0 Å². The Balaban J connectivity index is 2.15. The third-order valence-corrected chi connectivity index (χ3v) is 3.78. The third-order valence-electron chi connectivity index (χ3n) is 3.49. The van der Waals surface area contributed by atoms with E-state index in [1.807, 2.05) is 12.1 Å². The fourth-order valence-electron chi connectivity index (χ4n) is 2.16. The molecule has 0 spiro atoms. The average Bonchev–Trinajstić information content (AvgIpc) is 2.71. The Kier molecular flexibility index (Phi) is 7.15. The maximum atomic E-state index is 12.3. The normalized spacial score (nSPS) is 10.4. The number of ether oxygens (including phenoxy) is 2. The number of nitrogens with one attached hydrogen (secondary N) is 1. The molecule has 0 radical (unpaired) electrons. The van der Waals surface area contributed by atoms with E-state index in [0.29, 0.717) is 22.6 Å². The van der Waals surface area contributed by atoms with Gasteiger partial charge in [-0.05, 0) is 48.0 Å². The summed E-state index contributed by atoms with van der Waals surface area (Å²) in [5.41, 5.74) is 1.13. The van der Waals surface area contributed by atoms with Gasteiger partial charge < -0.3 is 14.8 Å². The predicted octanol–water partition coefficient (Wildman–Crippen LogP) is 3.57. The van der Waals surface area contributed by atoms with Crippen LogP contribution in [0, 0.1) is 22.7 Å². The Labute approximate surface area is 166 Å². The van der Waals surface area contributed by atoms with Gasteiger partial charge in [-0.2, -0.15) is 10.5 Å². The van der Waals surface area contributed by atoms with E-state index in [9.17, 15) is 14.9 Å². The zero-order valence-corrected chi connectivity index (χ0v) is 15.5. The monoisotopic (exact) mass is 395 g/mol. The van der Waals surface area contributed by atoms with Crippen LogP contribution >= 0.6 is 11.6 Å². The summed E-state index contributed by atoms with van der Waals surface area (Å²) in [5, 5.41) is 20.6. The maximum Gasteiger partial charge on any atom is 0.337 e. The van der Waals surface area contributed by atoms with Crippen molar-refractivity contribution in [3.63, 3.8) is 0 Å². The molecule has 2 rings (SSSR count). The minimum Gasteiger partial charge on any atom is -0.477 e. The second-order valence-electron chi connectivity index (χ2n) is 5.33. The molecule has 0 heterocycles. The summed E-state index contributed by atoms with van der Waals surface area (Å²) >= 11 is 6.07. The SMILES string of the molecule is COC(=O)c1ccc(NC(=O)/C(C#N)=C/c2ccc(OCC#N)c(Cl)c2)cc1. The minimum atomic E-state index is -0.616. The number of carbonyl (C=O) groups excluding carboxylic acids is 2. The number of hydrogen-bond acceptors (Lipinski definition) is 6. The standard InChI is InChI=1S/C20H14ClN3O4/c1-27-20(26)14-3-5-16(6-4-14)24-19(25)15(12-23)10-13-2-7-18(17(21)11-13)28-9-8-22/h2-7,10-11H,9H2,1H3,(H,24,25)/b15-10+. The van der Waals surface area contributed by atoms with Gasteiger partial charge in [0.2, 0.25) is 0 Å². The van der Waals surface area contributed by atoms with Crippen LogP contribution in [0.5, 0.6) is 5.75 Å². The first-order valence-electron chi connectivity index (χ1n) is 7.89. The lowest BCUT2D eigenvalue weighted by atomic mass is 10.1. The first-order valence-corrected chi connectivity index (χ1v) is 8.27. The van der Waals surface area contributed by atoms with Gasteiger partial charge in [-0.15, -0.1) is 0 Å². The lowest BCUT2D eigenvalue weighted by Crippen LogP contribution is -2.13. The van der Waals surface area contributed by atoms with Crippen molar-refractivity contribution in [3.8, 4) is 17.9 Å². The highest BCUT2D eigenvalue weighted by atomic mass is 35.5. The van der Waals surface area contributed by atoms with Gasteiger partial charge in [0.25, 0.3) is 5.91 Å². The first kappa shape index (κ1) is 20.5. The second kappa shape index (κ2) is 9.77. The Hall–Kier alpha value is -3.81. The van der Waals surface area contributed by atoms with Gasteiger partial charge >= 0.3 is 5.97 Å². The van der Waals surface area contributed by atoms with E-state index in [1.165, 1.54) is 43.5 Å². The lowest BCUT2D eigenvalue weighted by molar-refractivity contribution is -0.112. The molecule has 0 saturated heterocycles. The molecule has 0 fully saturated rings. The van der Waals surface area contributed by atoms with Crippen molar-refractivity contribution in [2.75, 3.05) is 19.0 Å². The van der Waals surface area contributed by atoms with E-state index in [0.717, 1.165) is 0 Å². The number of benzene rings is 2. The number of rotatable bonds is 6. The molecule has 0 unspecified atom stereocenters. The van der Waals surface area contributed by atoms with Gasteiger partial charge in [0.15, 0.2) is 6.61 Å². The maximum absolute atomic E-state index is 12.3. The highest BCUT2D eigenvalue weighted by molar-refractivity contribution is 6.32. The molecule has 0 atom stereocenters. The van der Waals surface area contributed by atoms with E-state index < -0.39 is 11.9 Å². The molecule has 2 aromatic rings. The summed E-state index contributed by atoms with van der Waals surface area (Å²) in [6.07, 6.45) is 1.37. The van der Waals surface area contributed by atoms with E-state index in [1.54, 1.807) is 12.1 Å². The van der Waals surface area contributed by atoms with E-state index in [-0.39, 0.29) is 17.2 Å². The molecule has 28 heavy (non-hydrogen) atoms. The van der Waals surface area contributed by atoms with Gasteiger partial charge in [-0.3, -0.25) is 4.79 Å². The molecular formula is C20H14ClN3O4. The molecule has 0 aromatic heterocycles. The number of methoxy groups -OCH3 is 1. The Bertz CT molecular complexity index is 1000. The molecule has 7 nitrogen and oxygen atoms in total. The summed E-state index contributed by atoms with van der Waals surface area (Å²) < 4.78 is 9.75. The van der Waals surface area contributed by atoms with Crippen molar-refractivity contribution < 1.29 is 19.1 Å². The lowest BCUT2D eigenvalue weighted by Gasteiger charge is -2.07. The van der Waals surface area contributed by atoms with Gasteiger partial charge in [0, 0.05) is 5.69 Å². The summed E-state index contributed by atoms with van der Waals surface area (Å²) in [6, 6.07) is 14.4. The fraction of sp³-hybridized carbons (Fsp3) is 0.100. The number of esters is 1. The molecule has 0 bridgehead atoms. The molecule has 0 aliphatic carbocycles. The first-order chi connectivity index (χ1) is 13.5. The molecular weight excluding hydrogens is 382 g/mol. The highest BCUT2D eigenvalue weighted by Gasteiger charge is 2.11. The van der Waals surface area contributed by atoms with Gasteiger partial charge in [-0.25, -0.2) is 4.79 Å². The number of anilines is 1. The van der Waals surface area contributed by atoms with Crippen molar-refractivity contribution >= 4 is 35.2 Å². The smallest absolute Gasteiger partial charge is 0.337 e. The number of halogens is 1. The molecule has 0 aliphatic rings. The topological polar surface area (TPSA) is 112 Å². The zero-order chi connectivity index (χ0) is 20.5. The number of nitrogens with zero attached hydrogens (tertiary/aromatic N) is 2. The van der Waals surface area contributed by atoms with E-state index in [2.05, 4.69) is 10.1 Å². The highest BCUT2D eigenvalue weighted by Crippen LogP contribution is 2.26. The molecule has 140 valence electrons. The number of carbonyl (C=O) groups is 2. The van der Waals surface area contributed by atoms with Crippen LogP contribution in [-0.4, -0.2) is 25.6 Å². The van der Waals surface area contributed by atoms with Crippen LogP contribution in [-0.2, 0) is 9.53 Å². The van der Waals surface area contributed by atoms with E-state index in [4.69, 9.17) is 21.6 Å². The third kappa shape index (κ3) is 5.34. The van der Waals surface area contributed by atoms with Crippen molar-refractivity contribution in [1.29, 1.82) is 10.5 Å². The van der Waals surface area contributed by atoms with Crippen molar-refractivity contribution in [2.45, 2.75) is 0 Å². The Morgan fingerprint density at radius 2 is 1.89 bits per heavy atom. The quantitative estimate of drug-likeness (QED) is 0.454.